The molecule has 0 bridgehead atoms. The number of aromatic nitrogens is 4. The molecule has 4 heterocycles. The summed E-state index contributed by atoms with van der Waals surface area (Å²) in [5.74, 6) is 3.02. The van der Waals surface area contributed by atoms with Gasteiger partial charge in [-0.2, -0.15) is 4.98 Å². The maximum Gasteiger partial charge on any atom is 0.253 e. The summed E-state index contributed by atoms with van der Waals surface area (Å²) in [5.41, 5.74) is 0.401. The summed E-state index contributed by atoms with van der Waals surface area (Å²) in [5, 5.41) is 0. The molecule has 0 N–H and O–H groups in total. The lowest BCUT2D eigenvalue weighted by molar-refractivity contribution is -0.121. The van der Waals surface area contributed by atoms with Gasteiger partial charge in [0.25, 0.3) is 5.91 Å². The van der Waals surface area contributed by atoms with E-state index in [1.54, 1.807) is 4.90 Å². The second-order valence-corrected chi connectivity index (χ2v) is 9.37. The van der Waals surface area contributed by atoms with E-state index in [0.717, 1.165) is 49.8 Å². The predicted octanol–water partition coefficient (Wildman–Crippen LogP) is 2.77. The number of amides is 1. The quantitative estimate of drug-likeness (QED) is 0.779. The van der Waals surface area contributed by atoms with Crippen molar-refractivity contribution in [3.8, 4) is 5.95 Å². The zero-order valence-electron chi connectivity index (χ0n) is 17.8. The van der Waals surface area contributed by atoms with E-state index in [1.165, 1.54) is 25.7 Å². The molecule has 2 saturated carbocycles. The van der Waals surface area contributed by atoms with Crippen LogP contribution in [0.1, 0.15) is 51.9 Å². The predicted molar refractivity (Wildman–Crippen MR) is 115 cm³/mol. The monoisotopic (exact) mass is 407 g/mol. The molecular weight excluding hydrogens is 378 g/mol. The highest BCUT2D eigenvalue weighted by Gasteiger charge is 2.66. The number of rotatable bonds is 3. The topological polar surface area (TPSA) is 70.4 Å². The van der Waals surface area contributed by atoms with E-state index in [0.29, 0.717) is 17.9 Å². The molecule has 0 radical (unpaired) electrons. The second-order valence-electron chi connectivity index (χ2n) is 9.37. The van der Waals surface area contributed by atoms with Crippen LogP contribution in [0.25, 0.3) is 5.95 Å². The van der Waals surface area contributed by atoms with Crippen molar-refractivity contribution in [2.45, 2.75) is 63.5 Å². The van der Waals surface area contributed by atoms with Crippen molar-refractivity contribution in [1.82, 2.24) is 19.5 Å². The van der Waals surface area contributed by atoms with Crippen LogP contribution in [-0.2, 0) is 4.79 Å². The van der Waals surface area contributed by atoms with Crippen LogP contribution < -0.4 is 14.7 Å². The van der Waals surface area contributed by atoms with E-state index in [4.69, 9.17) is 4.98 Å². The van der Waals surface area contributed by atoms with E-state index < -0.39 is 5.54 Å². The van der Waals surface area contributed by atoms with Crippen LogP contribution in [0.4, 0.5) is 17.5 Å². The highest BCUT2D eigenvalue weighted by atomic mass is 16.2. The fourth-order valence-corrected chi connectivity index (χ4v) is 5.88. The van der Waals surface area contributed by atoms with E-state index in [-0.39, 0.29) is 5.91 Å². The minimum Gasteiger partial charge on any atom is -0.342 e. The smallest absolute Gasteiger partial charge is 0.253 e. The van der Waals surface area contributed by atoms with Gasteiger partial charge in [-0.1, -0.05) is 19.8 Å². The average Bonchev–Trinajstić information content (AvgIpc) is 3.32. The summed E-state index contributed by atoms with van der Waals surface area (Å²) in [6.07, 6.45) is 13.6. The number of carbonyl (C=O) groups excluding carboxylic acids is 1. The lowest BCUT2D eigenvalue weighted by Gasteiger charge is -2.45. The molecule has 1 spiro atoms. The van der Waals surface area contributed by atoms with Crippen molar-refractivity contribution < 1.29 is 4.79 Å². The maximum absolute atomic E-state index is 13.4. The molecular formula is C22H29N7O. The van der Waals surface area contributed by atoms with Gasteiger partial charge in [-0.3, -0.25) is 9.36 Å². The first-order chi connectivity index (χ1) is 14.6. The van der Waals surface area contributed by atoms with E-state index >= 15 is 0 Å². The van der Waals surface area contributed by atoms with Crippen molar-refractivity contribution in [1.29, 1.82) is 0 Å². The molecule has 2 aliphatic heterocycles. The number of nitrogens with zero attached hydrogens (tertiary/aromatic N) is 7. The van der Waals surface area contributed by atoms with Gasteiger partial charge in [0.15, 0.2) is 5.82 Å². The van der Waals surface area contributed by atoms with Crippen LogP contribution in [0.2, 0.25) is 0 Å². The zero-order valence-corrected chi connectivity index (χ0v) is 17.8. The lowest BCUT2D eigenvalue weighted by atomic mass is 10.0. The van der Waals surface area contributed by atoms with Gasteiger partial charge in [-0.05, 0) is 38.0 Å². The summed E-state index contributed by atoms with van der Waals surface area (Å²) in [7, 11) is 1.87. The Labute approximate surface area is 176 Å². The molecule has 2 aromatic rings. The Morgan fingerprint density at radius 1 is 1.10 bits per heavy atom. The SMILES string of the molecule is C[C@@H]1CC12C(=O)N(C)c1cnc(-n3ccnc3N3CCCC3)nc1N2C1CCCC1. The van der Waals surface area contributed by atoms with Crippen LogP contribution in [0.5, 0.6) is 0 Å². The summed E-state index contributed by atoms with van der Waals surface area (Å²) in [6, 6.07) is 0.384. The Kier molecular flexibility index (Phi) is 3.89. The molecule has 2 aliphatic carbocycles. The standard InChI is InChI=1S/C22H29N7O/c1-15-13-22(15)19(30)26(2)17-14-24-20(25-18(17)29(22)16-7-3-4-8-16)28-12-9-23-21(28)27-10-5-6-11-27/h9,12,14-16H,3-8,10-11,13H2,1-2H3/t15-,22?/m1/s1. The highest BCUT2D eigenvalue weighted by Crippen LogP contribution is 2.57. The first-order valence-electron chi connectivity index (χ1n) is 11.3. The Morgan fingerprint density at radius 3 is 2.53 bits per heavy atom. The number of hydrogen-bond acceptors (Lipinski definition) is 6. The van der Waals surface area contributed by atoms with Crippen LogP contribution in [0.3, 0.4) is 0 Å². The summed E-state index contributed by atoms with van der Waals surface area (Å²) >= 11 is 0. The third-order valence-electron chi connectivity index (χ3n) is 7.62. The van der Waals surface area contributed by atoms with Gasteiger partial charge in [-0.25, -0.2) is 9.97 Å². The van der Waals surface area contributed by atoms with Gasteiger partial charge in [0.05, 0.1) is 6.20 Å². The van der Waals surface area contributed by atoms with Gasteiger partial charge >= 0.3 is 0 Å². The Morgan fingerprint density at radius 2 is 1.83 bits per heavy atom. The van der Waals surface area contributed by atoms with Crippen molar-refractivity contribution in [2.75, 3.05) is 34.8 Å². The van der Waals surface area contributed by atoms with Gasteiger partial charge in [0, 0.05) is 38.6 Å². The molecule has 4 aliphatic rings. The molecule has 3 fully saturated rings. The summed E-state index contributed by atoms with van der Waals surface area (Å²) < 4.78 is 2.00. The Bertz CT molecular complexity index is 991. The number of likely N-dealkylation sites (N-methyl/N-ethyl adjacent to an activating group) is 1. The van der Waals surface area contributed by atoms with E-state index in [9.17, 15) is 4.79 Å². The van der Waals surface area contributed by atoms with Crippen LogP contribution >= 0.6 is 0 Å². The normalized spacial score (nSPS) is 28.7. The molecule has 2 atom stereocenters. The zero-order chi connectivity index (χ0) is 20.5. The molecule has 8 nitrogen and oxygen atoms in total. The third kappa shape index (κ3) is 2.39. The highest BCUT2D eigenvalue weighted by molar-refractivity contribution is 6.09. The molecule has 1 amide bonds. The Hall–Kier alpha value is -2.64. The minimum atomic E-state index is -0.422. The number of carbonyl (C=O) groups is 1. The Balaban J connectivity index is 1.48. The molecule has 158 valence electrons. The van der Waals surface area contributed by atoms with Crippen LogP contribution in [0, 0.1) is 5.92 Å². The summed E-state index contributed by atoms with van der Waals surface area (Å²) in [4.78, 5) is 34.2. The fraction of sp³-hybridized carbons (Fsp3) is 0.636. The molecule has 0 aromatic carbocycles. The average molecular weight is 408 g/mol. The first-order valence-corrected chi connectivity index (χ1v) is 11.3. The minimum absolute atomic E-state index is 0.200. The molecule has 2 aromatic heterocycles. The van der Waals surface area contributed by atoms with Crippen molar-refractivity contribution >= 4 is 23.4 Å². The molecule has 1 saturated heterocycles. The van der Waals surface area contributed by atoms with Gasteiger partial charge < -0.3 is 14.7 Å². The van der Waals surface area contributed by atoms with Crippen molar-refractivity contribution in [3.63, 3.8) is 0 Å². The van der Waals surface area contributed by atoms with Gasteiger partial charge in [-0.15, -0.1) is 0 Å². The fourth-order valence-electron chi connectivity index (χ4n) is 5.88. The first kappa shape index (κ1) is 18.2. The van der Waals surface area contributed by atoms with Gasteiger partial charge in [0.1, 0.15) is 11.2 Å². The maximum atomic E-state index is 13.4. The van der Waals surface area contributed by atoms with Gasteiger partial charge in [0.2, 0.25) is 11.9 Å². The third-order valence-corrected chi connectivity index (χ3v) is 7.62. The number of hydrogen-bond donors (Lipinski definition) is 0. The second kappa shape index (κ2) is 6.43. The van der Waals surface area contributed by atoms with Crippen LogP contribution in [0.15, 0.2) is 18.6 Å². The van der Waals surface area contributed by atoms with E-state index in [2.05, 4.69) is 26.7 Å². The summed E-state index contributed by atoms with van der Waals surface area (Å²) in [6.45, 7) is 4.24. The van der Waals surface area contributed by atoms with Crippen LogP contribution in [-0.4, -0.2) is 57.1 Å². The van der Waals surface area contributed by atoms with Crippen molar-refractivity contribution in [3.05, 3.63) is 18.6 Å². The largest absolute Gasteiger partial charge is 0.342 e. The molecule has 6 rings (SSSR count). The lowest BCUT2D eigenvalue weighted by Crippen LogP contribution is -2.59. The van der Waals surface area contributed by atoms with E-state index in [1.807, 2.05) is 30.2 Å². The number of anilines is 3. The number of imidazole rings is 1. The molecule has 1 unspecified atom stereocenters. The molecule has 8 heteroatoms. The van der Waals surface area contributed by atoms with Crippen molar-refractivity contribution in [2.24, 2.45) is 5.92 Å². The number of fused-ring (bicyclic) bond motifs is 1. The molecule has 30 heavy (non-hydrogen) atoms.